The van der Waals surface area contributed by atoms with Crippen LogP contribution in [0.2, 0.25) is 0 Å². The molecule has 2 heterocycles. The smallest absolute Gasteiger partial charge is 0.124 e. The zero-order chi connectivity index (χ0) is 9.97. The molecule has 0 saturated heterocycles. The highest BCUT2D eigenvalue weighted by Crippen LogP contribution is 2.15. The molecular formula is C9H9ClFN3. The average Bonchev–Trinajstić information content (AvgIpc) is 2.58. The average molecular weight is 214 g/mol. The third-order valence-electron chi connectivity index (χ3n) is 2.06. The molecule has 2 aromatic rings. The fraction of sp³-hybridized carbons (Fsp3) is 0.333. The molecule has 0 aliphatic heterocycles. The molecule has 0 saturated carbocycles. The van der Waals surface area contributed by atoms with Crippen molar-refractivity contribution in [2.24, 2.45) is 0 Å². The second kappa shape index (κ2) is 3.92. The van der Waals surface area contributed by atoms with Gasteiger partial charge in [-0.3, -0.25) is 4.98 Å². The summed E-state index contributed by atoms with van der Waals surface area (Å²) in [5, 5.41) is 0. The Balaban J connectivity index is 2.61. The van der Waals surface area contributed by atoms with Crippen molar-refractivity contribution in [2.45, 2.75) is 12.4 Å². The van der Waals surface area contributed by atoms with E-state index >= 15 is 0 Å². The maximum Gasteiger partial charge on any atom is 0.124 e. The van der Waals surface area contributed by atoms with Crippen LogP contribution < -0.4 is 0 Å². The van der Waals surface area contributed by atoms with Gasteiger partial charge in [0.2, 0.25) is 0 Å². The van der Waals surface area contributed by atoms with E-state index in [0.717, 1.165) is 11.0 Å². The SMILES string of the molecule is FCCn1c(CCl)nc2ccncc21. The minimum atomic E-state index is -0.426. The van der Waals surface area contributed by atoms with Crippen molar-refractivity contribution in [3.05, 3.63) is 24.3 Å². The number of hydrogen-bond donors (Lipinski definition) is 0. The van der Waals surface area contributed by atoms with Gasteiger partial charge in [0.25, 0.3) is 0 Å². The summed E-state index contributed by atoms with van der Waals surface area (Å²) in [6.45, 7) is -0.144. The van der Waals surface area contributed by atoms with Crippen molar-refractivity contribution in [1.29, 1.82) is 0 Å². The Bertz CT molecular complexity index is 441. The summed E-state index contributed by atoms with van der Waals surface area (Å²) < 4.78 is 14.0. The van der Waals surface area contributed by atoms with E-state index in [1.807, 2.05) is 0 Å². The van der Waals surface area contributed by atoms with E-state index in [1.54, 1.807) is 23.0 Å². The van der Waals surface area contributed by atoms with Crippen LogP contribution in [-0.2, 0) is 12.4 Å². The van der Waals surface area contributed by atoms with Crippen LogP contribution in [0.1, 0.15) is 5.82 Å². The summed E-state index contributed by atoms with van der Waals surface area (Å²) in [6.07, 6.45) is 3.33. The molecule has 0 aromatic carbocycles. The lowest BCUT2D eigenvalue weighted by molar-refractivity contribution is 0.446. The van der Waals surface area contributed by atoms with Crippen LogP contribution >= 0.6 is 11.6 Å². The van der Waals surface area contributed by atoms with Crippen molar-refractivity contribution in [3.63, 3.8) is 0 Å². The van der Waals surface area contributed by atoms with Crippen LogP contribution in [0.25, 0.3) is 11.0 Å². The van der Waals surface area contributed by atoms with E-state index in [1.165, 1.54) is 0 Å². The lowest BCUT2D eigenvalue weighted by Gasteiger charge is -2.02. The van der Waals surface area contributed by atoms with E-state index in [4.69, 9.17) is 11.6 Å². The standard InChI is InChI=1S/C9H9ClFN3/c10-5-9-13-7-1-3-12-6-8(7)14(9)4-2-11/h1,3,6H,2,4-5H2. The van der Waals surface area contributed by atoms with Crippen LogP contribution in [0.15, 0.2) is 18.5 Å². The predicted octanol–water partition coefficient (Wildman–Crippen LogP) is 2.14. The van der Waals surface area contributed by atoms with Gasteiger partial charge in [0, 0.05) is 6.20 Å². The highest BCUT2D eigenvalue weighted by Gasteiger charge is 2.08. The number of imidazole rings is 1. The summed E-state index contributed by atoms with van der Waals surface area (Å²) in [6, 6.07) is 1.79. The summed E-state index contributed by atoms with van der Waals surface area (Å²) in [5.41, 5.74) is 1.64. The van der Waals surface area contributed by atoms with Gasteiger partial charge in [0.15, 0.2) is 0 Å². The Morgan fingerprint density at radius 1 is 1.50 bits per heavy atom. The number of hydrogen-bond acceptors (Lipinski definition) is 2. The third-order valence-corrected chi connectivity index (χ3v) is 2.30. The van der Waals surface area contributed by atoms with Crippen molar-refractivity contribution < 1.29 is 4.39 Å². The van der Waals surface area contributed by atoms with Crippen LogP contribution in [0.3, 0.4) is 0 Å². The normalized spacial score (nSPS) is 11.0. The first-order valence-electron chi connectivity index (χ1n) is 4.28. The molecule has 0 bridgehead atoms. The van der Waals surface area contributed by atoms with E-state index < -0.39 is 6.67 Å². The number of alkyl halides is 2. The van der Waals surface area contributed by atoms with Crippen molar-refractivity contribution >= 4 is 22.6 Å². The van der Waals surface area contributed by atoms with Gasteiger partial charge in [-0.25, -0.2) is 9.37 Å². The number of fused-ring (bicyclic) bond motifs is 1. The molecule has 0 fully saturated rings. The number of pyridine rings is 1. The molecule has 14 heavy (non-hydrogen) atoms. The first-order valence-corrected chi connectivity index (χ1v) is 4.81. The first kappa shape index (κ1) is 9.40. The number of nitrogens with zero attached hydrogens (tertiary/aromatic N) is 3. The van der Waals surface area contributed by atoms with Gasteiger partial charge in [-0.1, -0.05) is 0 Å². The quantitative estimate of drug-likeness (QED) is 0.732. The van der Waals surface area contributed by atoms with Crippen LogP contribution in [0.5, 0.6) is 0 Å². The molecule has 0 spiro atoms. The minimum absolute atomic E-state index is 0.282. The largest absolute Gasteiger partial charge is 0.323 e. The van der Waals surface area contributed by atoms with E-state index in [2.05, 4.69) is 9.97 Å². The van der Waals surface area contributed by atoms with Gasteiger partial charge in [-0.05, 0) is 6.07 Å². The summed E-state index contributed by atoms with van der Waals surface area (Å²) in [4.78, 5) is 8.25. The molecule has 2 aromatic heterocycles. The van der Waals surface area contributed by atoms with Gasteiger partial charge in [0.1, 0.15) is 12.5 Å². The van der Waals surface area contributed by atoms with Gasteiger partial charge >= 0.3 is 0 Å². The highest BCUT2D eigenvalue weighted by molar-refractivity contribution is 6.16. The zero-order valence-electron chi connectivity index (χ0n) is 7.45. The molecule has 0 aliphatic rings. The molecule has 0 aliphatic carbocycles. The summed E-state index contributed by atoms with van der Waals surface area (Å²) in [5.74, 6) is 0.974. The molecule has 3 nitrogen and oxygen atoms in total. The lowest BCUT2D eigenvalue weighted by atomic mass is 10.4. The summed E-state index contributed by atoms with van der Waals surface area (Å²) >= 11 is 5.71. The number of halogens is 2. The van der Waals surface area contributed by atoms with E-state index in [-0.39, 0.29) is 12.4 Å². The predicted molar refractivity (Wildman–Crippen MR) is 53.1 cm³/mol. The molecule has 5 heteroatoms. The molecule has 0 amide bonds. The van der Waals surface area contributed by atoms with Gasteiger partial charge in [-0.15, -0.1) is 11.6 Å². The second-order valence-corrected chi connectivity index (χ2v) is 3.13. The molecule has 0 unspecified atom stereocenters. The topological polar surface area (TPSA) is 30.7 Å². The Kier molecular flexibility index (Phi) is 2.63. The molecule has 0 N–H and O–H groups in total. The van der Waals surface area contributed by atoms with Gasteiger partial charge in [0.05, 0.1) is 29.7 Å². The van der Waals surface area contributed by atoms with Gasteiger partial charge < -0.3 is 4.57 Å². The van der Waals surface area contributed by atoms with Crippen LogP contribution in [0, 0.1) is 0 Å². The lowest BCUT2D eigenvalue weighted by Crippen LogP contribution is -2.03. The summed E-state index contributed by atoms with van der Waals surface area (Å²) in [7, 11) is 0. The molecule has 2 rings (SSSR count). The Labute approximate surface area is 85.5 Å². The number of aryl methyl sites for hydroxylation is 1. The molecular weight excluding hydrogens is 205 g/mol. The number of aromatic nitrogens is 3. The van der Waals surface area contributed by atoms with Crippen molar-refractivity contribution in [3.8, 4) is 0 Å². The highest BCUT2D eigenvalue weighted by atomic mass is 35.5. The number of rotatable bonds is 3. The van der Waals surface area contributed by atoms with E-state index in [0.29, 0.717) is 5.82 Å². The Hall–Kier alpha value is -1.16. The third kappa shape index (κ3) is 1.46. The first-order chi connectivity index (χ1) is 6.86. The minimum Gasteiger partial charge on any atom is -0.323 e. The second-order valence-electron chi connectivity index (χ2n) is 2.87. The zero-order valence-corrected chi connectivity index (χ0v) is 8.21. The molecule has 74 valence electrons. The Morgan fingerprint density at radius 3 is 3.07 bits per heavy atom. The maximum absolute atomic E-state index is 12.3. The van der Waals surface area contributed by atoms with Crippen molar-refractivity contribution in [1.82, 2.24) is 14.5 Å². The van der Waals surface area contributed by atoms with E-state index in [9.17, 15) is 4.39 Å². The Morgan fingerprint density at radius 2 is 2.36 bits per heavy atom. The fourth-order valence-corrected chi connectivity index (χ4v) is 1.66. The fourth-order valence-electron chi connectivity index (χ4n) is 1.46. The van der Waals surface area contributed by atoms with Gasteiger partial charge in [-0.2, -0.15) is 0 Å². The molecule has 0 radical (unpaired) electrons. The monoisotopic (exact) mass is 213 g/mol. The van der Waals surface area contributed by atoms with Crippen molar-refractivity contribution in [2.75, 3.05) is 6.67 Å². The van der Waals surface area contributed by atoms with Crippen LogP contribution in [-0.4, -0.2) is 21.2 Å². The maximum atomic E-state index is 12.3. The van der Waals surface area contributed by atoms with Crippen LogP contribution in [0.4, 0.5) is 4.39 Å². The molecule has 0 atom stereocenters.